The van der Waals surface area contributed by atoms with Gasteiger partial charge in [-0.05, 0) is 6.07 Å². The molecule has 0 spiro atoms. The molecule has 106 valence electrons. The standard InChI is InChI=1S/C11H15N7O2/c1-12-9-14-10(17-5-7(19)8(20)6-17)16-11(15-9)18-4-2-3-13-18/h2-4,7-8,19-20H,5-6H2,1H3,(H,12,14,15,16). The maximum absolute atomic E-state index is 9.61. The Kier molecular flexibility index (Phi) is 3.20. The number of nitrogens with zero attached hydrogens (tertiary/aromatic N) is 6. The molecule has 2 aromatic heterocycles. The molecule has 2 unspecified atom stereocenters. The van der Waals surface area contributed by atoms with Gasteiger partial charge in [-0.3, -0.25) is 0 Å². The number of anilines is 2. The molecule has 1 saturated heterocycles. The maximum atomic E-state index is 9.61. The molecule has 1 aliphatic heterocycles. The summed E-state index contributed by atoms with van der Waals surface area (Å²) in [5, 5.41) is 26.2. The molecule has 20 heavy (non-hydrogen) atoms. The summed E-state index contributed by atoms with van der Waals surface area (Å²) < 4.78 is 1.52. The fourth-order valence-corrected chi connectivity index (χ4v) is 2.03. The van der Waals surface area contributed by atoms with Gasteiger partial charge in [0, 0.05) is 32.5 Å². The highest BCUT2D eigenvalue weighted by Crippen LogP contribution is 2.18. The fraction of sp³-hybridized carbons (Fsp3) is 0.455. The van der Waals surface area contributed by atoms with Gasteiger partial charge in [0.15, 0.2) is 0 Å². The van der Waals surface area contributed by atoms with Crippen molar-refractivity contribution in [1.82, 2.24) is 24.7 Å². The highest BCUT2D eigenvalue weighted by atomic mass is 16.3. The van der Waals surface area contributed by atoms with Crippen molar-refractivity contribution in [2.45, 2.75) is 12.2 Å². The van der Waals surface area contributed by atoms with Crippen LogP contribution in [0, 0.1) is 0 Å². The Balaban J connectivity index is 1.97. The van der Waals surface area contributed by atoms with Gasteiger partial charge in [-0.15, -0.1) is 0 Å². The lowest BCUT2D eigenvalue weighted by Gasteiger charge is -2.16. The van der Waals surface area contributed by atoms with Crippen molar-refractivity contribution < 1.29 is 10.2 Å². The second kappa shape index (κ2) is 5.02. The Labute approximate surface area is 114 Å². The zero-order valence-corrected chi connectivity index (χ0v) is 10.9. The smallest absolute Gasteiger partial charge is 0.257 e. The van der Waals surface area contributed by atoms with Crippen LogP contribution in [0.25, 0.3) is 5.95 Å². The first-order valence-electron chi connectivity index (χ1n) is 6.22. The lowest BCUT2D eigenvalue weighted by molar-refractivity contribution is 0.0572. The predicted octanol–water partition coefficient (Wildman–Crippen LogP) is -1.36. The van der Waals surface area contributed by atoms with Gasteiger partial charge in [0.05, 0.1) is 12.2 Å². The molecule has 0 saturated carbocycles. The molecule has 0 bridgehead atoms. The molecule has 0 radical (unpaired) electrons. The van der Waals surface area contributed by atoms with Crippen molar-refractivity contribution in [2.75, 3.05) is 30.4 Å². The number of hydrogen-bond donors (Lipinski definition) is 3. The molecular formula is C11H15N7O2. The van der Waals surface area contributed by atoms with Crippen molar-refractivity contribution in [3.8, 4) is 5.95 Å². The third-order valence-corrected chi connectivity index (χ3v) is 3.09. The summed E-state index contributed by atoms with van der Waals surface area (Å²) in [6.07, 6.45) is 1.77. The molecule has 3 N–H and O–H groups in total. The minimum atomic E-state index is -0.794. The average molecular weight is 277 g/mol. The largest absolute Gasteiger partial charge is 0.388 e. The second-order valence-corrected chi connectivity index (χ2v) is 4.50. The number of aromatic nitrogens is 5. The third kappa shape index (κ3) is 2.28. The number of nitrogens with one attached hydrogen (secondary N) is 1. The van der Waals surface area contributed by atoms with E-state index in [2.05, 4.69) is 25.4 Å². The number of β-amino-alcohol motifs (C(OH)–C–C–N with tert-alkyl or cyclic N) is 2. The number of aliphatic hydroxyl groups excluding tert-OH is 2. The van der Waals surface area contributed by atoms with Gasteiger partial charge in [-0.1, -0.05) is 0 Å². The zero-order chi connectivity index (χ0) is 14.1. The Morgan fingerprint density at radius 2 is 1.85 bits per heavy atom. The number of rotatable bonds is 3. The zero-order valence-electron chi connectivity index (χ0n) is 10.9. The Hall–Kier alpha value is -2.26. The average Bonchev–Trinajstić information content (AvgIpc) is 3.09. The predicted molar refractivity (Wildman–Crippen MR) is 70.7 cm³/mol. The van der Waals surface area contributed by atoms with Crippen LogP contribution in [-0.4, -0.2) is 67.3 Å². The lowest BCUT2D eigenvalue weighted by atomic mass is 10.3. The van der Waals surface area contributed by atoms with Gasteiger partial charge in [0.2, 0.25) is 11.9 Å². The molecule has 3 heterocycles. The maximum Gasteiger partial charge on any atom is 0.257 e. The second-order valence-electron chi connectivity index (χ2n) is 4.50. The highest BCUT2D eigenvalue weighted by Gasteiger charge is 2.31. The van der Waals surface area contributed by atoms with E-state index >= 15 is 0 Å². The summed E-state index contributed by atoms with van der Waals surface area (Å²) in [6.45, 7) is 0.569. The fourth-order valence-electron chi connectivity index (χ4n) is 2.03. The summed E-state index contributed by atoms with van der Waals surface area (Å²) in [6, 6.07) is 1.77. The highest BCUT2D eigenvalue weighted by molar-refractivity contribution is 5.41. The summed E-state index contributed by atoms with van der Waals surface area (Å²) in [4.78, 5) is 14.5. The molecule has 0 aliphatic carbocycles. The lowest BCUT2D eigenvalue weighted by Crippen LogP contribution is -2.25. The first-order chi connectivity index (χ1) is 9.67. The van der Waals surface area contributed by atoms with E-state index in [1.165, 1.54) is 4.68 Å². The van der Waals surface area contributed by atoms with Crippen LogP contribution < -0.4 is 10.2 Å². The van der Waals surface area contributed by atoms with E-state index < -0.39 is 12.2 Å². The molecule has 2 atom stereocenters. The van der Waals surface area contributed by atoms with Crippen LogP contribution in [-0.2, 0) is 0 Å². The quantitative estimate of drug-likeness (QED) is 0.630. The van der Waals surface area contributed by atoms with Crippen LogP contribution in [0.2, 0.25) is 0 Å². The van der Waals surface area contributed by atoms with Gasteiger partial charge in [0.1, 0.15) is 0 Å². The van der Waals surface area contributed by atoms with E-state index in [0.717, 1.165) is 0 Å². The van der Waals surface area contributed by atoms with Crippen LogP contribution >= 0.6 is 0 Å². The topological polar surface area (TPSA) is 112 Å². The normalized spacial score (nSPS) is 22.2. The van der Waals surface area contributed by atoms with E-state index in [1.807, 2.05) is 0 Å². The summed E-state index contributed by atoms with van der Waals surface area (Å²) in [5.74, 6) is 1.17. The molecule has 1 fully saturated rings. The van der Waals surface area contributed by atoms with Gasteiger partial charge in [-0.2, -0.15) is 20.1 Å². The van der Waals surface area contributed by atoms with E-state index in [-0.39, 0.29) is 13.1 Å². The van der Waals surface area contributed by atoms with Crippen molar-refractivity contribution >= 4 is 11.9 Å². The van der Waals surface area contributed by atoms with Crippen LogP contribution in [0.3, 0.4) is 0 Å². The van der Waals surface area contributed by atoms with Crippen molar-refractivity contribution in [2.24, 2.45) is 0 Å². The molecule has 9 nitrogen and oxygen atoms in total. The SMILES string of the molecule is CNc1nc(N2CC(O)C(O)C2)nc(-n2cccn2)n1. The Morgan fingerprint density at radius 1 is 1.15 bits per heavy atom. The first-order valence-corrected chi connectivity index (χ1v) is 6.22. The summed E-state index contributed by atoms with van der Waals surface area (Å²) >= 11 is 0. The minimum Gasteiger partial charge on any atom is -0.388 e. The molecule has 3 rings (SSSR count). The molecular weight excluding hydrogens is 262 g/mol. The Bertz CT molecular complexity index is 578. The summed E-state index contributed by atoms with van der Waals surface area (Å²) in [7, 11) is 1.71. The van der Waals surface area contributed by atoms with Crippen LogP contribution in [0.4, 0.5) is 11.9 Å². The van der Waals surface area contributed by atoms with Crippen LogP contribution in [0.1, 0.15) is 0 Å². The van der Waals surface area contributed by atoms with E-state index in [0.29, 0.717) is 17.8 Å². The van der Waals surface area contributed by atoms with E-state index in [1.54, 1.807) is 30.4 Å². The summed E-state index contributed by atoms with van der Waals surface area (Å²) in [5.41, 5.74) is 0. The molecule has 0 aromatic carbocycles. The first kappa shape index (κ1) is 12.8. The van der Waals surface area contributed by atoms with Crippen LogP contribution in [0.15, 0.2) is 18.5 Å². The number of aliphatic hydroxyl groups is 2. The van der Waals surface area contributed by atoms with Gasteiger partial charge in [-0.25, -0.2) is 4.68 Å². The Morgan fingerprint density at radius 3 is 2.45 bits per heavy atom. The van der Waals surface area contributed by atoms with Crippen molar-refractivity contribution in [3.05, 3.63) is 18.5 Å². The monoisotopic (exact) mass is 277 g/mol. The van der Waals surface area contributed by atoms with Crippen LogP contribution in [0.5, 0.6) is 0 Å². The van der Waals surface area contributed by atoms with Gasteiger partial charge >= 0.3 is 0 Å². The van der Waals surface area contributed by atoms with E-state index in [9.17, 15) is 10.2 Å². The molecule has 0 amide bonds. The third-order valence-electron chi connectivity index (χ3n) is 3.09. The van der Waals surface area contributed by atoms with Crippen molar-refractivity contribution in [1.29, 1.82) is 0 Å². The van der Waals surface area contributed by atoms with Gasteiger partial charge in [0.25, 0.3) is 5.95 Å². The number of hydrogen-bond acceptors (Lipinski definition) is 8. The minimum absolute atomic E-state index is 0.285. The molecule has 1 aliphatic rings. The molecule has 9 heteroatoms. The molecule has 2 aromatic rings. The van der Waals surface area contributed by atoms with Crippen molar-refractivity contribution in [3.63, 3.8) is 0 Å². The van der Waals surface area contributed by atoms with E-state index in [4.69, 9.17) is 0 Å². The van der Waals surface area contributed by atoms with Gasteiger partial charge < -0.3 is 20.4 Å².